The van der Waals surface area contributed by atoms with E-state index in [1.165, 1.54) is 6.92 Å². The fourth-order valence-electron chi connectivity index (χ4n) is 2.28. The van der Waals surface area contributed by atoms with Crippen LogP contribution < -0.4 is 4.74 Å². The van der Waals surface area contributed by atoms with E-state index in [2.05, 4.69) is 5.10 Å². The van der Waals surface area contributed by atoms with E-state index < -0.39 is 40.5 Å². The fraction of sp³-hybridized carbons (Fsp3) is 0.375. The molecule has 0 amide bonds. The van der Waals surface area contributed by atoms with E-state index in [9.17, 15) is 22.4 Å². The maximum Gasteiger partial charge on any atom is 0.434 e. The van der Waals surface area contributed by atoms with E-state index in [0.717, 1.165) is 19.2 Å². The molecule has 11 heteroatoms. The average molecular weight is 429 g/mol. The number of esters is 1. The molecule has 5 nitrogen and oxygen atoms in total. The molecule has 0 spiro atoms. The molecular formula is C16H14Cl2F4N2O3. The van der Waals surface area contributed by atoms with Crippen LogP contribution in [0.4, 0.5) is 17.6 Å². The Balaban J connectivity index is 2.50. The van der Waals surface area contributed by atoms with E-state index in [-0.39, 0.29) is 22.9 Å². The van der Waals surface area contributed by atoms with E-state index in [0.29, 0.717) is 4.68 Å². The van der Waals surface area contributed by atoms with Crippen molar-refractivity contribution in [3.05, 3.63) is 33.7 Å². The van der Waals surface area contributed by atoms with Crippen LogP contribution >= 0.6 is 23.2 Å². The van der Waals surface area contributed by atoms with Gasteiger partial charge in [0.2, 0.25) is 0 Å². The Morgan fingerprint density at radius 1 is 1.33 bits per heavy atom. The number of alkyl halides is 3. The van der Waals surface area contributed by atoms with Gasteiger partial charge in [-0.15, -0.1) is 0 Å². The van der Waals surface area contributed by atoms with Crippen LogP contribution in [0, 0.1) is 5.82 Å². The number of halogens is 6. The lowest BCUT2D eigenvalue weighted by Gasteiger charge is -2.15. The van der Waals surface area contributed by atoms with Crippen LogP contribution in [0.2, 0.25) is 10.0 Å². The standard InChI is InChI=1S/C16H14Cl2F4N2O3/c1-4-26-15(25)7(2)27-11-5-8(10(19)6-9(11)17)13-12(18)14(16(20,21)22)24(3)23-13/h5-7H,4H2,1-3H3. The summed E-state index contributed by atoms with van der Waals surface area (Å²) in [6.45, 7) is 3.11. The van der Waals surface area contributed by atoms with Gasteiger partial charge in [-0.25, -0.2) is 9.18 Å². The molecule has 1 aromatic carbocycles. The highest BCUT2D eigenvalue weighted by Gasteiger charge is 2.39. The third kappa shape index (κ3) is 4.47. The van der Waals surface area contributed by atoms with Gasteiger partial charge in [0.05, 0.1) is 16.7 Å². The molecule has 0 saturated heterocycles. The highest BCUT2D eigenvalue weighted by molar-refractivity contribution is 6.34. The highest BCUT2D eigenvalue weighted by Crippen LogP contribution is 2.42. The van der Waals surface area contributed by atoms with E-state index in [4.69, 9.17) is 32.7 Å². The summed E-state index contributed by atoms with van der Waals surface area (Å²) in [7, 11) is 1.03. The van der Waals surface area contributed by atoms with Gasteiger partial charge < -0.3 is 9.47 Å². The van der Waals surface area contributed by atoms with Crippen LogP contribution in [0.25, 0.3) is 11.3 Å². The van der Waals surface area contributed by atoms with Crippen molar-refractivity contribution >= 4 is 29.2 Å². The first-order valence-electron chi connectivity index (χ1n) is 7.59. The number of nitrogens with zero attached hydrogens (tertiary/aromatic N) is 2. The Kier molecular flexibility index (Phi) is 6.26. The van der Waals surface area contributed by atoms with Crippen molar-refractivity contribution in [2.24, 2.45) is 7.05 Å². The third-order valence-corrected chi connectivity index (χ3v) is 4.11. The molecule has 1 heterocycles. The lowest BCUT2D eigenvalue weighted by atomic mass is 10.1. The second-order valence-electron chi connectivity index (χ2n) is 5.41. The Labute approximate surface area is 161 Å². The fourth-order valence-corrected chi connectivity index (χ4v) is 2.84. The SMILES string of the molecule is CCOC(=O)C(C)Oc1cc(-c2nn(C)c(C(F)(F)F)c2Cl)c(F)cc1Cl. The molecule has 2 aromatic rings. The Morgan fingerprint density at radius 2 is 1.96 bits per heavy atom. The van der Waals surface area contributed by atoms with Gasteiger partial charge in [-0.05, 0) is 26.0 Å². The molecule has 0 fully saturated rings. The van der Waals surface area contributed by atoms with Gasteiger partial charge in [-0.2, -0.15) is 18.3 Å². The predicted octanol–water partition coefficient (Wildman–Crippen LogP) is 4.88. The first kappa shape index (κ1) is 21.3. The van der Waals surface area contributed by atoms with Crippen LogP contribution in [0.3, 0.4) is 0 Å². The number of carbonyl (C=O) groups excluding carboxylic acids is 1. The van der Waals surface area contributed by atoms with Crippen molar-refractivity contribution in [3.8, 4) is 17.0 Å². The monoisotopic (exact) mass is 428 g/mol. The Morgan fingerprint density at radius 3 is 2.48 bits per heavy atom. The van der Waals surface area contributed by atoms with E-state index in [1.54, 1.807) is 6.92 Å². The van der Waals surface area contributed by atoms with Gasteiger partial charge in [0.15, 0.2) is 11.8 Å². The van der Waals surface area contributed by atoms with Gasteiger partial charge in [0.25, 0.3) is 0 Å². The van der Waals surface area contributed by atoms with Crippen LogP contribution in [0.1, 0.15) is 19.5 Å². The molecule has 148 valence electrons. The lowest BCUT2D eigenvalue weighted by Crippen LogP contribution is -2.26. The normalized spacial score (nSPS) is 12.8. The van der Waals surface area contributed by atoms with Gasteiger partial charge >= 0.3 is 12.1 Å². The number of hydrogen-bond donors (Lipinski definition) is 0. The van der Waals surface area contributed by atoms with Crippen molar-refractivity contribution in [2.75, 3.05) is 6.61 Å². The van der Waals surface area contributed by atoms with Gasteiger partial charge in [0, 0.05) is 12.6 Å². The maximum absolute atomic E-state index is 14.3. The summed E-state index contributed by atoms with van der Waals surface area (Å²) in [6, 6.07) is 1.87. The summed E-state index contributed by atoms with van der Waals surface area (Å²) in [4.78, 5) is 11.7. The van der Waals surface area contributed by atoms with Crippen LogP contribution in [-0.2, 0) is 22.8 Å². The van der Waals surface area contributed by atoms with Crippen molar-refractivity contribution < 1.29 is 31.8 Å². The number of hydrogen-bond acceptors (Lipinski definition) is 4. The minimum Gasteiger partial charge on any atom is -0.477 e. The molecule has 0 N–H and O–H groups in total. The number of carbonyl (C=O) groups is 1. The van der Waals surface area contributed by atoms with E-state index >= 15 is 0 Å². The molecule has 0 bridgehead atoms. The smallest absolute Gasteiger partial charge is 0.434 e. The molecule has 0 aliphatic carbocycles. The van der Waals surface area contributed by atoms with Crippen LogP contribution in [0.5, 0.6) is 5.75 Å². The molecule has 1 aromatic heterocycles. The zero-order chi connectivity index (χ0) is 20.5. The van der Waals surface area contributed by atoms with Gasteiger partial charge in [0.1, 0.15) is 17.3 Å². The minimum absolute atomic E-state index is 0.124. The van der Waals surface area contributed by atoms with E-state index in [1.807, 2.05) is 0 Å². The number of aryl methyl sites for hydroxylation is 1. The summed E-state index contributed by atoms with van der Waals surface area (Å²) < 4.78 is 64.2. The molecule has 0 radical (unpaired) electrons. The van der Waals surface area contributed by atoms with Crippen molar-refractivity contribution in [2.45, 2.75) is 26.1 Å². The first-order chi connectivity index (χ1) is 12.5. The Bertz CT molecular complexity index is 868. The molecule has 2 rings (SSSR count). The highest BCUT2D eigenvalue weighted by atomic mass is 35.5. The second kappa shape index (κ2) is 7.93. The number of ether oxygens (including phenoxy) is 2. The third-order valence-electron chi connectivity index (χ3n) is 3.46. The molecule has 1 unspecified atom stereocenters. The lowest BCUT2D eigenvalue weighted by molar-refractivity contribution is -0.150. The van der Waals surface area contributed by atoms with Gasteiger partial charge in [-0.1, -0.05) is 23.2 Å². The molecule has 0 saturated carbocycles. The summed E-state index contributed by atoms with van der Waals surface area (Å²) in [5.74, 6) is -1.77. The van der Waals surface area contributed by atoms with Crippen LogP contribution in [0.15, 0.2) is 12.1 Å². The summed E-state index contributed by atoms with van der Waals surface area (Å²) in [5, 5.41) is 2.70. The zero-order valence-corrected chi connectivity index (χ0v) is 15.8. The Hall–Kier alpha value is -2.00. The van der Waals surface area contributed by atoms with Crippen molar-refractivity contribution in [3.63, 3.8) is 0 Å². The number of aromatic nitrogens is 2. The topological polar surface area (TPSA) is 53.4 Å². The maximum atomic E-state index is 14.3. The second-order valence-corrected chi connectivity index (χ2v) is 6.19. The predicted molar refractivity (Wildman–Crippen MR) is 90.3 cm³/mol. The minimum atomic E-state index is -4.78. The molecular weight excluding hydrogens is 415 g/mol. The molecule has 1 atom stereocenters. The van der Waals surface area contributed by atoms with Crippen LogP contribution in [-0.4, -0.2) is 28.5 Å². The first-order valence-corrected chi connectivity index (χ1v) is 8.35. The summed E-state index contributed by atoms with van der Waals surface area (Å²) in [6.07, 6.45) is -5.86. The zero-order valence-electron chi connectivity index (χ0n) is 14.3. The number of benzene rings is 1. The largest absolute Gasteiger partial charge is 0.477 e. The van der Waals surface area contributed by atoms with Gasteiger partial charge in [-0.3, -0.25) is 4.68 Å². The summed E-state index contributed by atoms with van der Waals surface area (Å²) >= 11 is 11.7. The molecule has 0 aliphatic heterocycles. The quantitative estimate of drug-likeness (QED) is 0.502. The average Bonchev–Trinajstić information content (AvgIpc) is 2.84. The van der Waals surface area contributed by atoms with Crippen molar-refractivity contribution in [1.82, 2.24) is 9.78 Å². The van der Waals surface area contributed by atoms with Crippen molar-refractivity contribution in [1.29, 1.82) is 0 Å². The molecule has 27 heavy (non-hydrogen) atoms. The summed E-state index contributed by atoms with van der Waals surface area (Å²) in [5.41, 5.74) is -2.02. The molecule has 0 aliphatic rings. The number of rotatable bonds is 5.